The Kier molecular flexibility index (Phi) is 6.01. The quantitative estimate of drug-likeness (QED) is 0.813. The minimum Gasteiger partial charge on any atom is -0.374 e. The van der Waals surface area contributed by atoms with E-state index in [0.717, 1.165) is 32.7 Å². The van der Waals surface area contributed by atoms with Crippen LogP contribution in [0.2, 0.25) is 0 Å². The Morgan fingerprint density at radius 1 is 1.50 bits per heavy atom. The van der Waals surface area contributed by atoms with Crippen molar-refractivity contribution < 1.29 is 4.74 Å². The molecular formula is C15H28N4O. The van der Waals surface area contributed by atoms with Gasteiger partial charge < -0.3 is 10.1 Å². The van der Waals surface area contributed by atoms with Gasteiger partial charge in [0, 0.05) is 31.9 Å². The van der Waals surface area contributed by atoms with Gasteiger partial charge in [-0.3, -0.25) is 9.58 Å². The van der Waals surface area contributed by atoms with Crippen LogP contribution in [0.5, 0.6) is 0 Å². The largest absolute Gasteiger partial charge is 0.374 e. The molecule has 0 radical (unpaired) electrons. The number of nitrogens with zero attached hydrogens (tertiary/aromatic N) is 3. The third-order valence-corrected chi connectivity index (χ3v) is 4.00. The molecule has 1 saturated heterocycles. The van der Waals surface area contributed by atoms with Crippen molar-refractivity contribution >= 4 is 0 Å². The van der Waals surface area contributed by atoms with Gasteiger partial charge in [0.15, 0.2) is 0 Å². The molecular weight excluding hydrogens is 252 g/mol. The van der Waals surface area contributed by atoms with Crippen molar-refractivity contribution in [1.82, 2.24) is 20.0 Å². The number of likely N-dealkylation sites (N-methyl/N-ethyl adjacent to an activating group) is 1. The molecule has 114 valence electrons. The van der Waals surface area contributed by atoms with E-state index < -0.39 is 0 Å². The molecule has 0 spiro atoms. The number of morpholine rings is 1. The zero-order valence-corrected chi connectivity index (χ0v) is 13.0. The fourth-order valence-corrected chi connectivity index (χ4v) is 2.85. The first kappa shape index (κ1) is 15.5. The van der Waals surface area contributed by atoms with Crippen molar-refractivity contribution in [3.63, 3.8) is 0 Å². The summed E-state index contributed by atoms with van der Waals surface area (Å²) in [4.78, 5) is 2.51. The number of aromatic nitrogens is 2. The average molecular weight is 280 g/mol. The van der Waals surface area contributed by atoms with Crippen LogP contribution < -0.4 is 5.32 Å². The van der Waals surface area contributed by atoms with Crippen LogP contribution in [0.15, 0.2) is 12.4 Å². The fraction of sp³-hybridized carbons (Fsp3) is 0.800. The lowest BCUT2D eigenvalue weighted by Gasteiger charge is -2.36. The van der Waals surface area contributed by atoms with Crippen molar-refractivity contribution in [1.29, 1.82) is 0 Å². The van der Waals surface area contributed by atoms with Crippen molar-refractivity contribution in [3.8, 4) is 0 Å². The summed E-state index contributed by atoms with van der Waals surface area (Å²) in [6.45, 7) is 9.38. The fourth-order valence-electron chi connectivity index (χ4n) is 2.85. The van der Waals surface area contributed by atoms with Crippen molar-refractivity contribution in [3.05, 3.63) is 18.0 Å². The summed E-state index contributed by atoms with van der Waals surface area (Å²) in [6.07, 6.45) is 6.56. The van der Waals surface area contributed by atoms with Gasteiger partial charge in [0.1, 0.15) is 0 Å². The molecule has 2 unspecified atom stereocenters. The number of nitrogens with one attached hydrogen (secondary N) is 1. The summed E-state index contributed by atoms with van der Waals surface area (Å²) in [6, 6.07) is 0.351. The number of ether oxygens (including phenoxy) is 1. The van der Waals surface area contributed by atoms with Gasteiger partial charge in [0.25, 0.3) is 0 Å². The number of hydrogen-bond acceptors (Lipinski definition) is 4. The Balaban J connectivity index is 1.93. The summed E-state index contributed by atoms with van der Waals surface area (Å²) in [5.41, 5.74) is 1.28. The second-order valence-corrected chi connectivity index (χ2v) is 5.51. The van der Waals surface area contributed by atoms with Crippen LogP contribution in [0.1, 0.15) is 25.8 Å². The average Bonchev–Trinajstić information content (AvgIpc) is 2.93. The number of aryl methyl sites for hydroxylation is 1. The topological polar surface area (TPSA) is 42.3 Å². The summed E-state index contributed by atoms with van der Waals surface area (Å²) >= 11 is 0. The standard InChI is InChI=1S/C15H28N4O/c1-4-6-18-7-8-20-15(12-18)14(16-3)9-13-10-17-19(5-2)11-13/h10-11,14-16H,4-9,12H2,1-3H3. The molecule has 2 rings (SSSR count). The Morgan fingerprint density at radius 2 is 2.35 bits per heavy atom. The zero-order valence-electron chi connectivity index (χ0n) is 13.0. The molecule has 0 aromatic carbocycles. The Morgan fingerprint density at radius 3 is 3.00 bits per heavy atom. The summed E-state index contributed by atoms with van der Waals surface area (Å²) in [5, 5.41) is 7.77. The second kappa shape index (κ2) is 7.76. The molecule has 1 fully saturated rings. The van der Waals surface area contributed by atoms with E-state index in [1.807, 2.05) is 17.9 Å². The summed E-state index contributed by atoms with van der Waals surface area (Å²) in [5.74, 6) is 0. The molecule has 1 N–H and O–H groups in total. The molecule has 0 amide bonds. The van der Waals surface area contributed by atoms with Crippen LogP contribution in [0.4, 0.5) is 0 Å². The smallest absolute Gasteiger partial charge is 0.0858 e. The molecule has 2 atom stereocenters. The van der Waals surface area contributed by atoms with Crippen molar-refractivity contribution in [2.24, 2.45) is 0 Å². The van der Waals surface area contributed by atoms with E-state index >= 15 is 0 Å². The van der Waals surface area contributed by atoms with Gasteiger partial charge in [0.2, 0.25) is 0 Å². The highest BCUT2D eigenvalue weighted by atomic mass is 16.5. The lowest BCUT2D eigenvalue weighted by molar-refractivity contribution is -0.0450. The molecule has 20 heavy (non-hydrogen) atoms. The van der Waals surface area contributed by atoms with Gasteiger partial charge in [0.05, 0.1) is 18.9 Å². The van der Waals surface area contributed by atoms with Crippen LogP contribution in [-0.2, 0) is 17.7 Å². The Bertz CT molecular complexity index is 391. The highest BCUT2D eigenvalue weighted by molar-refractivity contribution is 5.07. The molecule has 0 bridgehead atoms. The van der Waals surface area contributed by atoms with E-state index in [1.165, 1.54) is 18.5 Å². The first-order chi connectivity index (χ1) is 9.76. The molecule has 0 aliphatic carbocycles. The first-order valence-corrected chi connectivity index (χ1v) is 7.79. The van der Waals surface area contributed by atoms with E-state index in [1.54, 1.807) is 0 Å². The van der Waals surface area contributed by atoms with Gasteiger partial charge in [-0.2, -0.15) is 5.10 Å². The minimum atomic E-state index is 0.269. The van der Waals surface area contributed by atoms with E-state index in [0.29, 0.717) is 6.04 Å². The molecule has 1 aliphatic rings. The maximum absolute atomic E-state index is 5.98. The third-order valence-electron chi connectivity index (χ3n) is 4.00. The van der Waals surface area contributed by atoms with Gasteiger partial charge in [-0.05, 0) is 38.9 Å². The van der Waals surface area contributed by atoms with Gasteiger partial charge in [-0.1, -0.05) is 6.92 Å². The molecule has 5 nitrogen and oxygen atoms in total. The van der Waals surface area contributed by atoms with E-state index in [4.69, 9.17) is 4.74 Å². The molecule has 0 saturated carbocycles. The molecule has 5 heteroatoms. The molecule has 1 aliphatic heterocycles. The summed E-state index contributed by atoms with van der Waals surface area (Å²) in [7, 11) is 2.02. The predicted molar refractivity (Wildman–Crippen MR) is 80.9 cm³/mol. The SMILES string of the molecule is CCCN1CCOC(C(Cc2cnn(CC)c2)NC)C1. The van der Waals surface area contributed by atoms with Crippen LogP contribution >= 0.6 is 0 Å². The lowest BCUT2D eigenvalue weighted by Crippen LogP contribution is -2.52. The third kappa shape index (κ3) is 4.04. The monoisotopic (exact) mass is 280 g/mol. The number of rotatable bonds is 7. The highest BCUT2D eigenvalue weighted by Crippen LogP contribution is 2.13. The van der Waals surface area contributed by atoms with Gasteiger partial charge >= 0.3 is 0 Å². The zero-order chi connectivity index (χ0) is 14.4. The van der Waals surface area contributed by atoms with Crippen LogP contribution in [0.25, 0.3) is 0 Å². The maximum atomic E-state index is 5.98. The van der Waals surface area contributed by atoms with Crippen LogP contribution in [0.3, 0.4) is 0 Å². The van der Waals surface area contributed by atoms with Crippen molar-refractivity contribution in [2.75, 3.05) is 33.3 Å². The lowest BCUT2D eigenvalue weighted by atomic mass is 10.0. The van der Waals surface area contributed by atoms with E-state index in [2.05, 4.69) is 35.4 Å². The van der Waals surface area contributed by atoms with Crippen molar-refractivity contribution in [2.45, 2.75) is 45.4 Å². The first-order valence-electron chi connectivity index (χ1n) is 7.79. The summed E-state index contributed by atoms with van der Waals surface area (Å²) < 4.78 is 7.96. The minimum absolute atomic E-state index is 0.269. The van der Waals surface area contributed by atoms with Gasteiger partial charge in [-0.15, -0.1) is 0 Å². The molecule has 2 heterocycles. The number of hydrogen-bond donors (Lipinski definition) is 1. The second-order valence-electron chi connectivity index (χ2n) is 5.51. The molecule has 1 aromatic rings. The molecule has 1 aromatic heterocycles. The van der Waals surface area contributed by atoms with Crippen LogP contribution in [0, 0.1) is 0 Å². The normalized spacial score (nSPS) is 22.1. The van der Waals surface area contributed by atoms with Crippen LogP contribution in [-0.4, -0.2) is 60.1 Å². The van der Waals surface area contributed by atoms with E-state index in [-0.39, 0.29) is 6.10 Å². The highest BCUT2D eigenvalue weighted by Gasteiger charge is 2.27. The maximum Gasteiger partial charge on any atom is 0.0858 e. The van der Waals surface area contributed by atoms with Gasteiger partial charge in [-0.25, -0.2) is 0 Å². The predicted octanol–water partition coefficient (Wildman–Crippen LogP) is 1.14. The Hall–Kier alpha value is -0.910. The van der Waals surface area contributed by atoms with E-state index in [9.17, 15) is 0 Å². The Labute approximate surface area is 122 Å².